The zero-order chi connectivity index (χ0) is 15.3. The van der Waals surface area contributed by atoms with Gasteiger partial charge in [-0.2, -0.15) is 0 Å². The third-order valence-corrected chi connectivity index (χ3v) is 5.50. The Morgan fingerprint density at radius 1 is 1.29 bits per heavy atom. The summed E-state index contributed by atoms with van der Waals surface area (Å²) < 4.78 is 6.16. The fourth-order valence-corrected chi connectivity index (χ4v) is 4.04. The molecule has 1 saturated carbocycles. The Morgan fingerprint density at radius 2 is 2.00 bits per heavy atom. The third kappa shape index (κ3) is 4.94. The molecule has 2 rings (SSSR count). The second-order valence-electron chi connectivity index (χ2n) is 7.99. The van der Waals surface area contributed by atoms with E-state index in [4.69, 9.17) is 4.74 Å². The summed E-state index contributed by atoms with van der Waals surface area (Å²) in [5.74, 6) is 1.06. The topological polar surface area (TPSA) is 41.5 Å². The van der Waals surface area contributed by atoms with Gasteiger partial charge in [0.25, 0.3) is 0 Å². The molecule has 1 heterocycles. The summed E-state index contributed by atoms with van der Waals surface area (Å²) in [5.41, 5.74) is -0.464. The fourth-order valence-electron chi connectivity index (χ4n) is 4.04. The molecule has 0 aromatic rings. The van der Waals surface area contributed by atoms with Crippen LogP contribution >= 0.6 is 0 Å². The van der Waals surface area contributed by atoms with Crippen LogP contribution in [0.15, 0.2) is 0 Å². The largest absolute Gasteiger partial charge is 0.390 e. The molecule has 124 valence electrons. The van der Waals surface area contributed by atoms with Crippen LogP contribution in [0.5, 0.6) is 0 Å². The number of rotatable bonds is 6. The van der Waals surface area contributed by atoms with Gasteiger partial charge < -0.3 is 15.2 Å². The van der Waals surface area contributed by atoms with E-state index in [9.17, 15) is 5.11 Å². The third-order valence-electron chi connectivity index (χ3n) is 5.50. The van der Waals surface area contributed by atoms with Crippen molar-refractivity contribution < 1.29 is 9.84 Å². The van der Waals surface area contributed by atoms with Gasteiger partial charge in [-0.05, 0) is 64.0 Å². The standard InChI is InChI=1S/C18H35NO2/c1-15(2)14-19-11-10-17(3,20)16-7-12-21-18(13-16)8-5-4-6-9-18/h15-16,19-20H,4-14H2,1-3H3. The first-order valence-electron chi connectivity index (χ1n) is 9.01. The van der Waals surface area contributed by atoms with E-state index in [1.807, 2.05) is 6.92 Å². The van der Waals surface area contributed by atoms with Crippen molar-refractivity contribution in [2.24, 2.45) is 11.8 Å². The minimum atomic E-state index is -0.557. The normalized spacial score (nSPS) is 28.7. The predicted molar refractivity (Wildman–Crippen MR) is 87.4 cm³/mol. The van der Waals surface area contributed by atoms with Crippen LogP contribution in [0.2, 0.25) is 0 Å². The van der Waals surface area contributed by atoms with Gasteiger partial charge in [0.1, 0.15) is 0 Å². The summed E-state index contributed by atoms with van der Waals surface area (Å²) in [5, 5.41) is 14.4. The van der Waals surface area contributed by atoms with Gasteiger partial charge in [-0.3, -0.25) is 0 Å². The van der Waals surface area contributed by atoms with Crippen molar-refractivity contribution in [2.75, 3.05) is 19.7 Å². The van der Waals surface area contributed by atoms with Crippen molar-refractivity contribution in [3.8, 4) is 0 Å². The highest BCUT2D eigenvalue weighted by atomic mass is 16.5. The monoisotopic (exact) mass is 297 g/mol. The summed E-state index contributed by atoms with van der Waals surface area (Å²) >= 11 is 0. The van der Waals surface area contributed by atoms with Gasteiger partial charge in [-0.25, -0.2) is 0 Å². The van der Waals surface area contributed by atoms with Gasteiger partial charge in [0.15, 0.2) is 0 Å². The predicted octanol–water partition coefficient (Wildman–Crippen LogP) is 3.50. The number of ether oxygens (including phenoxy) is 1. The van der Waals surface area contributed by atoms with E-state index >= 15 is 0 Å². The van der Waals surface area contributed by atoms with Crippen LogP contribution in [0.4, 0.5) is 0 Å². The van der Waals surface area contributed by atoms with Crippen molar-refractivity contribution in [3.05, 3.63) is 0 Å². The van der Waals surface area contributed by atoms with E-state index in [0.29, 0.717) is 11.8 Å². The Morgan fingerprint density at radius 3 is 2.67 bits per heavy atom. The van der Waals surface area contributed by atoms with E-state index in [2.05, 4.69) is 19.2 Å². The van der Waals surface area contributed by atoms with Gasteiger partial charge in [-0.1, -0.05) is 33.1 Å². The molecule has 2 N–H and O–H groups in total. The summed E-state index contributed by atoms with van der Waals surface area (Å²) in [6.07, 6.45) is 9.26. The average Bonchev–Trinajstić information content (AvgIpc) is 2.44. The van der Waals surface area contributed by atoms with Crippen molar-refractivity contribution in [2.45, 2.75) is 83.3 Å². The highest BCUT2D eigenvalue weighted by Crippen LogP contribution is 2.44. The number of hydrogen-bond donors (Lipinski definition) is 2. The molecule has 2 fully saturated rings. The molecule has 2 atom stereocenters. The first-order chi connectivity index (χ1) is 9.94. The molecule has 0 aromatic carbocycles. The van der Waals surface area contributed by atoms with Gasteiger partial charge in [0.05, 0.1) is 11.2 Å². The van der Waals surface area contributed by atoms with E-state index in [1.54, 1.807) is 0 Å². The average molecular weight is 297 g/mol. The second kappa shape index (κ2) is 7.43. The number of nitrogens with one attached hydrogen (secondary N) is 1. The van der Waals surface area contributed by atoms with Crippen LogP contribution < -0.4 is 5.32 Å². The Balaban J connectivity index is 1.83. The summed E-state index contributed by atoms with van der Waals surface area (Å²) in [6.45, 7) is 9.26. The van der Waals surface area contributed by atoms with Gasteiger partial charge in [0.2, 0.25) is 0 Å². The number of hydrogen-bond acceptors (Lipinski definition) is 3. The first-order valence-corrected chi connectivity index (χ1v) is 9.01. The van der Waals surface area contributed by atoms with Crippen LogP contribution in [0, 0.1) is 11.8 Å². The molecule has 3 nitrogen and oxygen atoms in total. The van der Waals surface area contributed by atoms with E-state index in [-0.39, 0.29) is 5.60 Å². The van der Waals surface area contributed by atoms with E-state index < -0.39 is 5.60 Å². The lowest BCUT2D eigenvalue weighted by Gasteiger charge is -2.47. The maximum atomic E-state index is 10.9. The van der Waals surface area contributed by atoms with Crippen molar-refractivity contribution in [3.63, 3.8) is 0 Å². The molecule has 0 radical (unpaired) electrons. The molecule has 3 heteroatoms. The van der Waals surface area contributed by atoms with Crippen LogP contribution in [-0.4, -0.2) is 36.0 Å². The van der Waals surface area contributed by atoms with Gasteiger partial charge in [-0.15, -0.1) is 0 Å². The number of aliphatic hydroxyl groups is 1. The lowest BCUT2D eigenvalue weighted by Crippen LogP contribution is -2.49. The molecule has 21 heavy (non-hydrogen) atoms. The summed E-state index contributed by atoms with van der Waals surface area (Å²) in [6, 6.07) is 0. The fraction of sp³-hybridized carbons (Fsp3) is 1.00. The molecule has 1 spiro atoms. The molecule has 1 aliphatic carbocycles. The van der Waals surface area contributed by atoms with E-state index in [0.717, 1.165) is 39.0 Å². The van der Waals surface area contributed by atoms with Gasteiger partial charge >= 0.3 is 0 Å². The Kier molecular flexibility index (Phi) is 6.10. The van der Waals surface area contributed by atoms with Crippen LogP contribution in [0.1, 0.15) is 72.1 Å². The SMILES string of the molecule is CC(C)CNCCC(C)(O)C1CCOC2(CCCCC2)C1. The molecular weight excluding hydrogens is 262 g/mol. The first kappa shape index (κ1) is 17.2. The highest BCUT2D eigenvalue weighted by molar-refractivity contribution is 4.95. The quantitative estimate of drug-likeness (QED) is 0.737. The Bertz CT molecular complexity index is 303. The lowest BCUT2D eigenvalue weighted by atomic mass is 9.70. The second-order valence-corrected chi connectivity index (χ2v) is 7.99. The van der Waals surface area contributed by atoms with E-state index in [1.165, 1.54) is 32.1 Å². The molecular formula is C18H35NO2. The molecule has 1 aliphatic heterocycles. The molecule has 1 saturated heterocycles. The van der Waals surface area contributed by atoms with Crippen molar-refractivity contribution in [1.29, 1.82) is 0 Å². The molecule has 0 aromatic heterocycles. The Hall–Kier alpha value is -0.120. The maximum absolute atomic E-state index is 10.9. The zero-order valence-electron chi connectivity index (χ0n) is 14.3. The molecule has 2 unspecified atom stereocenters. The zero-order valence-corrected chi connectivity index (χ0v) is 14.3. The van der Waals surface area contributed by atoms with Gasteiger partial charge in [0, 0.05) is 6.61 Å². The lowest BCUT2D eigenvalue weighted by molar-refractivity contribution is -0.153. The molecule has 2 aliphatic rings. The van der Waals surface area contributed by atoms with Crippen molar-refractivity contribution in [1.82, 2.24) is 5.32 Å². The summed E-state index contributed by atoms with van der Waals surface area (Å²) in [7, 11) is 0. The minimum absolute atomic E-state index is 0.0938. The minimum Gasteiger partial charge on any atom is -0.390 e. The Labute approximate surface area is 130 Å². The smallest absolute Gasteiger partial charge is 0.0686 e. The molecule has 0 bridgehead atoms. The molecule has 0 amide bonds. The van der Waals surface area contributed by atoms with Crippen LogP contribution in [0.3, 0.4) is 0 Å². The highest BCUT2D eigenvalue weighted by Gasteiger charge is 2.44. The van der Waals surface area contributed by atoms with Crippen molar-refractivity contribution >= 4 is 0 Å². The van der Waals surface area contributed by atoms with Crippen LogP contribution in [-0.2, 0) is 4.74 Å². The van der Waals surface area contributed by atoms with Crippen LogP contribution in [0.25, 0.3) is 0 Å². The summed E-state index contributed by atoms with van der Waals surface area (Å²) in [4.78, 5) is 0. The maximum Gasteiger partial charge on any atom is 0.0686 e.